The van der Waals surface area contributed by atoms with Crippen LogP contribution >= 0.6 is 11.8 Å². The lowest BCUT2D eigenvalue weighted by Gasteiger charge is -2.07. The van der Waals surface area contributed by atoms with Crippen LogP contribution in [-0.2, 0) is 18.4 Å². The van der Waals surface area contributed by atoms with Crippen LogP contribution < -0.4 is 10.9 Å². The average Bonchev–Trinajstić information content (AvgIpc) is 3.00. The van der Waals surface area contributed by atoms with Gasteiger partial charge in [-0.1, -0.05) is 23.9 Å². The first-order valence-corrected chi connectivity index (χ1v) is 8.31. The Morgan fingerprint density at radius 2 is 2.12 bits per heavy atom. The number of fused-ring (bicyclic) bond motifs is 1. The van der Waals surface area contributed by atoms with Gasteiger partial charge in [0.1, 0.15) is 12.9 Å². The van der Waals surface area contributed by atoms with Gasteiger partial charge < -0.3 is 9.88 Å². The number of aryl methyl sites for hydroxylation is 1. The maximum atomic E-state index is 12.3. The fraction of sp³-hybridized carbons (Fsp3) is 0.267. The van der Waals surface area contributed by atoms with E-state index in [1.54, 1.807) is 24.5 Å². The van der Waals surface area contributed by atoms with Crippen molar-refractivity contribution in [1.29, 1.82) is 0 Å². The van der Waals surface area contributed by atoms with Crippen LogP contribution in [0.2, 0.25) is 0 Å². The quantitative estimate of drug-likeness (QED) is 0.515. The smallest absolute Gasteiger partial charge is 0.261 e. The summed E-state index contributed by atoms with van der Waals surface area (Å²) in [6, 6.07) is 7.07. The molecule has 0 bridgehead atoms. The molecule has 0 atom stereocenters. The van der Waals surface area contributed by atoms with Crippen LogP contribution in [0.25, 0.3) is 10.9 Å². The lowest BCUT2D eigenvalue weighted by molar-refractivity contribution is -0.121. The fourth-order valence-electron chi connectivity index (χ4n) is 2.17. The lowest BCUT2D eigenvalue weighted by atomic mass is 10.2. The third-order valence-corrected chi connectivity index (χ3v) is 4.41. The second kappa shape index (κ2) is 7.26. The van der Waals surface area contributed by atoms with E-state index in [0.717, 1.165) is 5.16 Å². The number of nitrogens with zero attached hydrogens (tertiary/aromatic N) is 5. The van der Waals surface area contributed by atoms with Crippen LogP contribution in [0, 0.1) is 0 Å². The Bertz CT molecular complexity index is 919. The van der Waals surface area contributed by atoms with E-state index in [-0.39, 0.29) is 18.0 Å². The van der Waals surface area contributed by atoms with Crippen molar-refractivity contribution in [2.75, 3.05) is 12.3 Å². The summed E-state index contributed by atoms with van der Waals surface area (Å²) in [6.45, 7) is 0.428. The number of carbonyl (C=O) groups is 1. The summed E-state index contributed by atoms with van der Waals surface area (Å²) >= 11 is 1.50. The number of thioether (sulfide) groups is 1. The zero-order valence-corrected chi connectivity index (χ0v) is 13.9. The molecule has 124 valence electrons. The average molecular weight is 344 g/mol. The second-order valence-corrected chi connectivity index (χ2v) is 6.18. The molecule has 9 heteroatoms. The minimum Gasteiger partial charge on any atom is -0.354 e. The van der Waals surface area contributed by atoms with Crippen molar-refractivity contribution in [3.63, 3.8) is 0 Å². The van der Waals surface area contributed by atoms with Gasteiger partial charge >= 0.3 is 0 Å². The van der Waals surface area contributed by atoms with Crippen molar-refractivity contribution in [3.8, 4) is 0 Å². The lowest BCUT2D eigenvalue weighted by Crippen LogP contribution is -2.33. The van der Waals surface area contributed by atoms with Crippen LogP contribution in [-0.4, -0.2) is 42.5 Å². The second-order valence-electron chi connectivity index (χ2n) is 5.12. The number of benzene rings is 1. The molecule has 0 aliphatic rings. The highest BCUT2D eigenvalue weighted by atomic mass is 32.2. The van der Waals surface area contributed by atoms with Gasteiger partial charge in [0.05, 0.1) is 17.2 Å². The highest BCUT2D eigenvalue weighted by Gasteiger charge is 2.08. The van der Waals surface area contributed by atoms with Crippen LogP contribution in [0.15, 0.2) is 46.9 Å². The molecule has 0 saturated heterocycles. The molecule has 1 amide bonds. The monoisotopic (exact) mass is 344 g/mol. The molecule has 0 saturated carbocycles. The number of amides is 1. The summed E-state index contributed by atoms with van der Waals surface area (Å²) in [5.41, 5.74) is 0.406. The van der Waals surface area contributed by atoms with Crippen LogP contribution in [0.5, 0.6) is 0 Å². The fourth-order valence-corrected chi connectivity index (χ4v) is 2.91. The number of aromatic nitrogens is 5. The molecule has 8 nitrogen and oxygen atoms in total. The van der Waals surface area contributed by atoms with Gasteiger partial charge in [-0.25, -0.2) is 4.98 Å². The molecule has 2 heterocycles. The molecule has 2 aromatic heterocycles. The van der Waals surface area contributed by atoms with Crippen molar-refractivity contribution in [2.24, 2.45) is 7.05 Å². The molecule has 0 unspecified atom stereocenters. The minimum atomic E-state index is -0.229. The number of hydrogen-bond donors (Lipinski definition) is 1. The number of carbonyl (C=O) groups excluding carboxylic acids is 1. The molecule has 24 heavy (non-hydrogen) atoms. The van der Waals surface area contributed by atoms with E-state index in [1.807, 2.05) is 17.7 Å². The van der Waals surface area contributed by atoms with Crippen molar-refractivity contribution in [3.05, 3.63) is 47.3 Å². The van der Waals surface area contributed by atoms with Crippen LogP contribution in [0.1, 0.15) is 0 Å². The van der Waals surface area contributed by atoms with E-state index < -0.39 is 0 Å². The maximum absolute atomic E-state index is 12.3. The molecular weight excluding hydrogens is 328 g/mol. The van der Waals surface area contributed by atoms with Crippen LogP contribution in [0.3, 0.4) is 0 Å². The predicted molar refractivity (Wildman–Crippen MR) is 90.7 cm³/mol. The molecule has 1 aromatic carbocycles. The van der Waals surface area contributed by atoms with E-state index in [1.165, 1.54) is 22.7 Å². The van der Waals surface area contributed by atoms with E-state index in [0.29, 0.717) is 23.2 Å². The highest BCUT2D eigenvalue weighted by Crippen LogP contribution is 2.11. The summed E-state index contributed by atoms with van der Waals surface area (Å²) in [7, 11) is 1.86. The van der Waals surface area contributed by atoms with Gasteiger partial charge in [-0.2, -0.15) is 0 Å². The molecule has 0 fully saturated rings. The largest absolute Gasteiger partial charge is 0.354 e. The number of nitrogens with one attached hydrogen (secondary N) is 1. The predicted octanol–water partition coefficient (Wildman–Crippen LogP) is 0.433. The summed E-state index contributed by atoms with van der Waals surface area (Å²) in [4.78, 5) is 28.5. The van der Waals surface area contributed by atoms with E-state index in [9.17, 15) is 9.59 Å². The van der Waals surface area contributed by atoms with Crippen LogP contribution in [0.4, 0.5) is 0 Å². The Hall–Kier alpha value is -2.68. The van der Waals surface area contributed by atoms with Gasteiger partial charge in [-0.3, -0.25) is 14.2 Å². The Morgan fingerprint density at radius 1 is 1.29 bits per heavy atom. The highest BCUT2D eigenvalue weighted by molar-refractivity contribution is 7.99. The molecular formula is C15H16N6O2S. The molecule has 0 aliphatic heterocycles. The van der Waals surface area contributed by atoms with Gasteiger partial charge in [0.15, 0.2) is 5.16 Å². The standard InChI is InChI=1S/C15H16N6O2S/c1-20-10-18-19-15(20)24-7-6-16-13(22)8-21-9-17-12-5-3-2-4-11(12)14(21)23/h2-5,9-10H,6-8H2,1H3,(H,16,22). The first kappa shape index (κ1) is 16.2. The number of hydrogen-bond acceptors (Lipinski definition) is 6. The summed E-state index contributed by atoms with van der Waals surface area (Å²) in [6.07, 6.45) is 3.03. The minimum absolute atomic E-state index is 0.0503. The first-order valence-electron chi connectivity index (χ1n) is 7.33. The molecule has 0 spiro atoms. The third kappa shape index (κ3) is 3.62. The zero-order chi connectivity index (χ0) is 16.9. The Kier molecular flexibility index (Phi) is 4.90. The molecule has 3 rings (SSSR count). The third-order valence-electron chi connectivity index (χ3n) is 3.37. The Morgan fingerprint density at radius 3 is 2.92 bits per heavy atom. The van der Waals surface area contributed by atoms with Crippen molar-refractivity contribution in [1.82, 2.24) is 29.6 Å². The normalized spacial score (nSPS) is 10.9. The zero-order valence-electron chi connectivity index (χ0n) is 13.0. The van der Waals surface area contributed by atoms with Gasteiger partial charge in [-0.05, 0) is 12.1 Å². The number of para-hydroxylation sites is 1. The Labute approximate surface area is 141 Å². The van der Waals surface area contributed by atoms with Crippen molar-refractivity contribution < 1.29 is 4.79 Å². The summed E-state index contributed by atoms with van der Waals surface area (Å²) in [5, 5.41) is 11.8. The molecule has 0 radical (unpaired) electrons. The summed E-state index contributed by atoms with van der Waals surface area (Å²) in [5.74, 6) is 0.441. The molecule has 3 aromatic rings. The maximum Gasteiger partial charge on any atom is 0.261 e. The Balaban J connectivity index is 1.54. The van der Waals surface area contributed by atoms with E-state index in [4.69, 9.17) is 0 Å². The molecule has 1 N–H and O–H groups in total. The first-order chi connectivity index (χ1) is 11.6. The topological polar surface area (TPSA) is 94.7 Å². The van der Waals surface area contributed by atoms with Gasteiger partial charge in [0.2, 0.25) is 5.91 Å². The van der Waals surface area contributed by atoms with E-state index >= 15 is 0 Å². The summed E-state index contributed by atoms with van der Waals surface area (Å²) < 4.78 is 3.13. The van der Waals surface area contributed by atoms with Gasteiger partial charge in [-0.15, -0.1) is 10.2 Å². The SMILES string of the molecule is Cn1cnnc1SCCNC(=O)Cn1cnc2ccccc2c1=O. The van der Waals surface area contributed by atoms with Crippen molar-refractivity contribution >= 4 is 28.6 Å². The molecule has 0 aliphatic carbocycles. The van der Waals surface area contributed by atoms with Crippen molar-refractivity contribution in [2.45, 2.75) is 11.7 Å². The van der Waals surface area contributed by atoms with Gasteiger partial charge in [0.25, 0.3) is 5.56 Å². The van der Waals surface area contributed by atoms with E-state index in [2.05, 4.69) is 20.5 Å². The van der Waals surface area contributed by atoms with Gasteiger partial charge in [0, 0.05) is 19.3 Å². The number of rotatable bonds is 6.